The van der Waals surface area contributed by atoms with Crippen LogP contribution in [0.2, 0.25) is 0 Å². The molecule has 0 aromatic carbocycles. The molecule has 2 nitrogen and oxygen atoms in total. The van der Waals surface area contributed by atoms with Crippen molar-refractivity contribution >= 4 is 0 Å². The first-order valence-corrected chi connectivity index (χ1v) is 6.70. The van der Waals surface area contributed by atoms with Crippen LogP contribution in [-0.4, -0.2) is 47.1 Å². The van der Waals surface area contributed by atoms with E-state index in [0.717, 1.165) is 12.1 Å². The Balaban J connectivity index is 1.71. The summed E-state index contributed by atoms with van der Waals surface area (Å²) < 4.78 is 0. The van der Waals surface area contributed by atoms with Crippen molar-refractivity contribution in [1.29, 1.82) is 0 Å². The topological polar surface area (TPSA) is 6.48 Å². The van der Waals surface area contributed by atoms with Crippen LogP contribution in [-0.2, 0) is 0 Å². The Kier molecular flexibility index (Phi) is 2.33. The fraction of sp³-hybridized carbons (Fsp3) is 1.00. The van der Waals surface area contributed by atoms with Crippen molar-refractivity contribution in [2.75, 3.05) is 19.6 Å². The lowest BCUT2D eigenvalue weighted by atomic mass is 9.95. The Morgan fingerprint density at radius 1 is 1.13 bits per heavy atom. The molecule has 3 aliphatic rings. The second kappa shape index (κ2) is 3.46. The minimum atomic E-state index is 0.586. The van der Waals surface area contributed by atoms with Crippen molar-refractivity contribution in [3.05, 3.63) is 0 Å². The Morgan fingerprint density at radius 3 is 2.67 bits per heavy atom. The fourth-order valence-electron chi connectivity index (χ4n) is 3.57. The average molecular weight is 208 g/mol. The third kappa shape index (κ3) is 1.72. The first-order chi connectivity index (χ1) is 7.19. The normalized spacial score (nSPS) is 41.2. The van der Waals surface area contributed by atoms with Crippen LogP contribution in [0.1, 0.15) is 46.0 Å². The smallest absolute Gasteiger partial charge is 0.0224 e. The van der Waals surface area contributed by atoms with Crippen LogP contribution < -0.4 is 0 Å². The van der Waals surface area contributed by atoms with Gasteiger partial charge < -0.3 is 0 Å². The van der Waals surface area contributed by atoms with E-state index in [2.05, 4.69) is 23.6 Å². The molecule has 1 aliphatic carbocycles. The van der Waals surface area contributed by atoms with Gasteiger partial charge in [0.05, 0.1) is 0 Å². The molecule has 0 aromatic rings. The van der Waals surface area contributed by atoms with E-state index in [4.69, 9.17) is 0 Å². The molecule has 2 heterocycles. The quantitative estimate of drug-likeness (QED) is 0.651. The van der Waals surface area contributed by atoms with Crippen LogP contribution in [0.15, 0.2) is 0 Å². The molecular weight excluding hydrogens is 184 g/mol. The monoisotopic (exact) mass is 208 g/mol. The second-order valence-electron chi connectivity index (χ2n) is 6.14. The number of hydrogen-bond acceptors (Lipinski definition) is 2. The minimum absolute atomic E-state index is 0.586. The summed E-state index contributed by atoms with van der Waals surface area (Å²) in [6.45, 7) is 8.91. The van der Waals surface area contributed by atoms with Gasteiger partial charge >= 0.3 is 0 Å². The van der Waals surface area contributed by atoms with Crippen LogP contribution >= 0.6 is 0 Å². The van der Waals surface area contributed by atoms with Gasteiger partial charge in [-0.1, -0.05) is 6.42 Å². The summed E-state index contributed by atoms with van der Waals surface area (Å²) in [5, 5.41) is 0. The van der Waals surface area contributed by atoms with Crippen molar-refractivity contribution in [3.8, 4) is 0 Å². The Hall–Kier alpha value is -0.0800. The highest BCUT2D eigenvalue weighted by Crippen LogP contribution is 2.44. The summed E-state index contributed by atoms with van der Waals surface area (Å²) in [6, 6.07) is 1.67. The molecule has 0 N–H and O–H groups in total. The van der Waals surface area contributed by atoms with Gasteiger partial charge in [0.1, 0.15) is 0 Å². The molecule has 3 rings (SSSR count). The van der Waals surface area contributed by atoms with E-state index in [0.29, 0.717) is 5.54 Å². The summed E-state index contributed by atoms with van der Waals surface area (Å²) in [6.07, 6.45) is 7.20. The maximum atomic E-state index is 2.81. The zero-order valence-electron chi connectivity index (χ0n) is 10.2. The number of piperidine rings is 1. The van der Waals surface area contributed by atoms with Crippen molar-refractivity contribution in [3.63, 3.8) is 0 Å². The lowest BCUT2D eigenvalue weighted by molar-refractivity contribution is -0.0110. The molecule has 2 aliphatic heterocycles. The lowest BCUT2D eigenvalue weighted by Crippen LogP contribution is -2.61. The van der Waals surface area contributed by atoms with Gasteiger partial charge in [-0.2, -0.15) is 0 Å². The van der Waals surface area contributed by atoms with Gasteiger partial charge in [0.25, 0.3) is 0 Å². The molecule has 0 bridgehead atoms. The van der Waals surface area contributed by atoms with Crippen molar-refractivity contribution in [2.24, 2.45) is 0 Å². The number of nitrogens with zero attached hydrogens (tertiary/aromatic N) is 2. The summed E-state index contributed by atoms with van der Waals surface area (Å²) in [5.74, 6) is 0. The van der Waals surface area contributed by atoms with Crippen LogP contribution in [0.4, 0.5) is 0 Å². The maximum absolute atomic E-state index is 2.81. The van der Waals surface area contributed by atoms with E-state index < -0.39 is 0 Å². The second-order valence-corrected chi connectivity index (χ2v) is 6.14. The highest BCUT2D eigenvalue weighted by Gasteiger charge is 2.48. The number of fused-ring (bicyclic) bond motifs is 1. The molecule has 2 unspecified atom stereocenters. The summed E-state index contributed by atoms with van der Waals surface area (Å²) in [7, 11) is 0. The van der Waals surface area contributed by atoms with Crippen molar-refractivity contribution < 1.29 is 0 Å². The van der Waals surface area contributed by atoms with Crippen molar-refractivity contribution in [2.45, 2.75) is 63.6 Å². The number of rotatable bonds is 1. The van der Waals surface area contributed by atoms with Gasteiger partial charge in [-0.25, -0.2) is 0 Å². The molecule has 2 atom stereocenters. The molecule has 0 aromatic heterocycles. The molecule has 2 saturated heterocycles. The molecule has 2 heteroatoms. The number of hydrogen-bond donors (Lipinski definition) is 0. The van der Waals surface area contributed by atoms with Gasteiger partial charge in [0, 0.05) is 30.7 Å². The molecule has 3 fully saturated rings. The minimum Gasteiger partial charge on any atom is -0.298 e. The van der Waals surface area contributed by atoms with Crippen LogP contribution in [0, 0.1) is 0 Å². The van der Waals surface area contributed by atoms with Gasteiger partial charge in [-0.05, 0) is 46.1 Å². The zero-order valence-corrected chi connectivity index (χ0v) is 10.2. The summed E-state index contributed by atoms with van der Waals surface area (Å²) >= 11 is 0. The van der Waals surface area contributed by atoms with Crippen LogP contribution in [0.5, 0.6) is 0 Å². The van der Waals surface area contributed by atoms with E-state index in [1.165, 1.54) is 51.7 Å². The summed E-state index contributed by atoms with van der Waals surface area (Å²) in [5.41, 5.74) is 0.586. The van der Waals surface area contributed by atoms with Gasteiger partial charge in [-0.3, -0.25) is 9.80 Å². The SMILES string of the molecule is CC1CN2CCCCC2CN1C1(C)CC1. The van der Waals surface area contributed by atoms with Crippen LogP contribution in [0.3, 0.4) is 0 Å². The first-order valence-electron chi connectivity index (χ1n) is 6.70. The Labute approximate surface area is 93.6 Å². The predicted molar refractivity (Wildman–Crippen MR) is 63.0 cm³/mol. The Bertz CT molecular complexity index is 247. The first kappa shape index (κ1) is 10.1. The van der Waals surface area contributed by atoms with Gasteiger partial charge in [0.15, 0.2) is 0 Å². The van der Waals surface area contributed by atoms with Crippen LogP contribution in [0.25, 0.3) is 0 Å². The Morgan fingerprint density at radius 2 is 1.93 bits per heavy atom. The van der Waals surface area contributed by atoms with E-state index in [1.807, 2.05) is 0 Å². The predicted octanol–water partition coefficient (Wildman–Crippen LogP) is 2.10. The van der Waals surface area contributed by atoms with Gasteiger partial charge in [-0.15, -0.1) is 0 Å². The standard InChI is InChI=1S/C13H24N2/c1-11-9-14-8-4-3-5-12(14)10-15(11)13(2)6-7-13/h11-12H,3-10H2,1-2H3. The highest BCUT2D eigenvalue weighted by atomic mass is 15.3. The molecule has 1 saturated carbocycles. The molecule has 0 radical (unpaired) electrons. The highest BCUT2D eigenvalue weighted by molar-refractivity contribution is 5.05. The van der Waals surface area contributed by atoms with E-state index in [1.54, 1.807) is 0 Å². The lowest BCUT2D eigenvalue weighted by Gasteiger charge is -2.50. The summed E-state index contributed by atoms with van der Waals surface area (Å²) in [4.78, 5) is 5.55. The third-order valence-corrected chi connectivity index (χ3v) is 4.85. The van der Waals surface area contributed by atoms with E-state index in [-0.39, 0.29) is 0 Å². The largest absolute Gasteiger partial charge is 0.298 e. The molecule has 86 valence electrons. The molecular formula is C13H24N2. The third-order valence-electron chi connectivity index (χ3n) is 4.85. The van der Waals surface area contributed by atoms with Crippen molar-refractivity contribution in [1.82, 2.24) is 9.80 Å². The molecule has 15 heavy (non-hydrogen) atoms. The van der Waals surface area contributed by atoms with Gasteiger partial charge in [0.2, 0.25) is 0 Å². The fourth-order valence-corrected chi connectivity index (χ4v) is 3.57. The average Bonchev–Trinajstić information content (AvgIpc) is 2.96. The molecule has 0 amide bonds. The number of piperazine rings is 1. The molecule has 0 spiro atoms. The van der Waals surface area contributed by atoms with E-state index >= 15 is 0 Å². The maximum Gasteiger partial charge on any atom is 0.0224 e. The van der Waals surface area contributed by atoms with E-state index in [9.17, 15) is 0 Å². The zero-order chi connectivity index (χ0) is 10.5.